The van der Waals surface area contributed by atoms with Crippen LogP contribution in [0.5, 0.6) is 5.75 Å². The van der Waals surface area contributed by atoms with Gasteiger partial charge in [0, 0.05) is 10.1 Å². The standard InChI is InChI=1S/C13H16INO6S/c1-8(2)13(17)21-11-7-9(14)3-4-10(11)12(16)15-5-6-22(18,19)20/h3-4,7-8H,5-6H2,1-2H3,(H,15,16)(H,18,19,20). The lowest BCUT2D eigenvalue weighted by Gasteiger charge is -2.12. The van der Waals surface area contributed by atoms with E-state index in [0.717, 1.165) is 3.57 Å². The maximum Gasteiger partial charge on any atom is 0.313 e. The van der Waals surface area contributed by atoms with Gasteiger partial charge in [0.1, 0.15) is 5.75 Å². The second-order valence-electron chi connectivity index (χ2n) is 4.76. The average Bonchev–Trinajstić information content (AvgIpc) is 2.36. The summed E-state index contributed by atoms with van der Waals surface area (Å²) in [7, 11) is -4.15. The number of halogens is 1. The summed E-state index contributed by atoms with van der Waals surface area (Å²) in [5.41, 5.74) is 0.116. The smallest absolute Gasteiger partial charge is 0.313 e. The third-order valence-corrected chi connectivity index (χ3v) is 3.91. The van der Waals surface area contributed by atoms with Gasteiger partial charge in [-0.25, -0.2) is 0 Å². The summed E-state index contributed by atoms with van der Waals surface area (Å²) < 4.78 is 35.8. The predicted molar refractivity (Wildman–Crippen MR) is 88.4 cm³/mol. The third kappa shape index (κ3) is 6.28. The molecule has 122 valence electrons. The van der Waals surface area contributed by atoms with Gasteiger partial charge in [-0.15, -0.1) is 0 Å². The summed E-state index contributed by atoms with van der Waals surface area (Å²) in [6.07, 6.45) is 0. The fourth-order valence-corrected chi connectivity index (χ4v) is 2.21. The van der Waals surface area contributed by atoms with Crippen LogP contribution in [0.2, 0.25) is 0 Å². The van der Waals surface area contributed by atoms with Crippen LogP contribution < -0.4 is 10.1 Å². The number of ether oxygens (including phenoxy) is 1. The van der Waals surface area contributed by atoms with Gasteiger partial charge in [0.15, 0.2) is 0 Å². The van der Waals surface area contributed by atoms with Gasteiger partial charge in [-0.05, 0) is 40.8 Å². The number of rotatable bonds is 6. The van der Waals surface area contributed by atoms with Gasteiger partial charge in [0.2, 0.25) is 0 Å². The lowest BCUT2D eigenvalue weighted by molar-refractivity contribution is -0.137. The largest absolute Gasteiger partial charge is 0.425 e. The molecular weight excluding hydrogens is 425 g/mol. The topological polar surface area (TPSA) is 110 Å². The molecule has 7 nitrogen and oxygen atoms in total. The number of amides is 1. The van der Waals surface area contributed by atoms with Crippen LogP contribution in [0.25, 0.3) is 0 Å². The van der Waals surface area contributed by atoms with Crippen LogP contribution in [-0.4, -0.2) is 37.1 Å². The molecule has 0 atom stereocenters. The van der Waals surface area contributed by atoms with Crippen molar-refractivity contribution in [2.45, 2.75) is 13.8 Å². The number of hydrogen-bond acceptors (Lipinski definition) is 5. The molecule has 1 aromatic carbocycles. The van der Waals surface area contributed by atoms with Crippen LogP contribution in [0.3, 0.4) is 0 Å². The van der Waals surface area contributed by atoms with E-state index in [1.807, 2.05) is 22.6 Å². The highest BCUT2D eigenvalue weighted by atomic mass is 127. The Balaban J connectivity index is 2.89. The van der Waals surface area contributed by atoms with Gasteiger partial charge in [-0.2, -0.15) is 8.42 Å². The number of nitrogens with one attached hydrogen (secondary N) is 1. The van der Waals surface area contributed by atoms with Crippen molar-refractivity contribution in [3.05, 3.63) is 27.3 Å². The van der Waals surface area contributed by atoms with Crippen molar-refractivity contribution in [3.63, 3.8) is 0 Å². The van der Waals surface area contributed by atoms with E-state index in [1.165, 1.54) is 6.07 Å². The van der Waals surface area contributed by atoms with Crippen molar-refractivity contribution in [1.29, 1.82) is 0 Å². The Kier molecular flexibility index (Phi) is 6.75. The molecule has 0 aromatic heterocycles. The molecule has 2 N–H and O–H groups in total. The molecule has 9 heteroatoms. The lowest BCUT2D eigenvalue weighted by Crippen LogP contribution is -2.29. The molecule has 0 unspecified atom stereocenters. The molecule has 0 heterocycles. The van der Waals surface area contributed by atoms with E-state index in [2.05, 4.69) is 5.32 Å². The highest BCUT2D eigenvalue weighted by Crippen LogP contribution is 2.22. The van der Waals surface area contributed by atoms with Gasteiger partial charge < -0.3 is 10.1 Å². The zero-order valence-corrected chi connectivity index (χ0v) is 15.0. The summed E-state index contributed by atoms with van der Waals surface area (Å²) >= 11 is 2.01. The molecule has 0 aliphatic carbocycles. The summed E-state index contributed by atoms with van der Waals surface area (Å²) in [4.78, 5) is 23.7. The SMILES string of the molecule is CC(C)C(=O)Oc1cc(I)ccc1C(=O)NCCS(=O)(=O)O. The van der Waals surface area contributed by atoms with Crippen LogP contribution in [0, 0.1) is 9.49 Å². The molecule has 0 bridgehead atoms. The predicted octanol–water partition coefficient (Wildman–Crippen LogP) is 1.47. The van der Waals surface area contributed by atoms with Gasteiger partial charge in [0.25, 0.3) is 16.0 Å². The summed E-state index contributed by atoms with van der Waals surface area (Å²) in [6.45, 7) is 3.09. The number of esters is 1. The Bertz CT molecular complexity index is 671. The maximum absolute atomic E-state index is 12.0. The second-order valence-corrected chi connectivity index (χ2v) is 7.58. The Morgan fingerprint density at radius 3 is 2.55 bits per heavy atom. The highest BCUT2D eigenvalue weighted by Gasteiger charge is 2.18. The molecule has 22 heavy (non-hydrogen) atoms. The minimum absolute atomic E-state index is 0.106. The van der Waals surface area contributed by atoms with Crippen molar-refractivity contribution in [2.75, 3.05) is 12.3 Å². The fourth-order valence-electron chi connectivity index (χ4n) is 1.38. The molecule has 1 rings (SSSR count). The van der Waals surface area contributed by atoms with Gasteiger partial charge in [-0.3, -0.25) is 14.1 Å². The summed E-state index contributed by atoms with van der Waals surface area (Å²) in [5.74, 6) is -1.91. The Morgan fingerprint density at radius 1 is 1.36 bits per heavy atom. The molecule has 0 radical (unpaired) electrons. The first kappa shape index (κ1) is 18.8. The number of benzene rings is 1. The minimum atomic E-state index is -4.15. The first-order valence-electron chi connectivity index (χ1n) is 6.35. The van der Waals surface area contributed by atoms with E-state index in [0.29, 0.717) is 0 Å². The number of carbonyl (C=O) groups excluding carboxylic acids is 2. The van der Waals surface area contributed by atoms with E-state index >= 15 is 0 Å². The number of hydrogen-bond donors (Lipinski definition) is 2. The maximum atomic E-state index is 12.0. The minimum Gasteiger partial charge on any atom is -0.425 e. The van der Waals surface area contributed by atoms with E-state index in [1.54, 1.807) is 26.0 Å². The van der Waals surface area contributed by atoms with Crippen molar-refractivity contribution in [2.24, 2.45) is 5.92 Å². The zero-order valence-electron chi connectivity index (χ0n) is 12.0. The first-order valence-corrected chi connectivity index (χ1v) is 9.03. The Labute approximate surface area is 142 Å². The van der Waals surface area contributed by atoms with Crippen molar-refractivity contribution in [3.8, 4) is 5.75 Å². The van der Waals surface area contributed by atoms with E-state index in [9.17, 15) is 18.0 Å². The molecule has 0 saturated carbocycles. The molecule has 1 aromatic rings. The molecule has 0 saturated heterocycles. The van der Waals surface area contributed by atoms with Crippen molar-refractivity contribution in [1.82, 2.24) is 5.32 Å². The van der Waals surface area contributed by atoms with Crippen LogP contribution in [0.15, 0.2) is 18.2 Å². The quantitative estimate of drug-likeness (QED) is 0.300. The van der Waals surface area contributed by atoms with Crippen LogP contribution >= 0.6 is 22.6 Å². The van der Waals surface area contributed by atoms with Crippen molar-refractivity contribution >= 4 is 44.6 Å². The monoisotopic (exact) mass is 441 g/mol. The average molecular weight is 441 g/mol. The van der Waals surface area contributed by atoms with Gasteiger partial charge >= 0.3 is 5.97 Å². The van der Waals surface area contributed by atoms with E-state index < -0.39 is 27.7 Å². The van der Waals surface area contributed by atoms with Crippen LogP contribution in [-0.2, 0) is 14.9 Å². The number of carbonyl (C=O) groups is 2. The Hall–Kier alpha value is -1.20. The second kappa shape index (κ2) is 7.88. The lowest BCUT2D eigenvalue weighted by atomic mass is 10.2. The molecule has 0 aliphatic rings. The highest BCUT2D eigenvalue weighted by molar-refractivity contribution is 14.1. The molecule has 1 amide bonds. The molecule has 0 spiro atoms. The summed E-state index contributed by atoms with van der Waals surface area (Å²) in [6, 6.07) is 4.68. The summed E-state index contributed by atoms with van der Waals surface area (Å²) in [5, 5.41) is 2.35. The normalized spacial score (nSPS) is 11.3. The first-order chi connectivity index (χ1) is 10.1. The van der Waals surface area contributed by atoms with Crippen LogP contribution in [0.4, 0.5) is 0 Å². The van der Waals surface area contributed by atoms with Gasteiger partial charge in [-0.1, -0.05) is 13.8 Å². The molecule has 0 aliphatic heterocycles. The zero-order chi connectivity index (χ0) is 16.9. The van der Waals surface area contributed by atoms with Crippen molar-refractivity contribution < 1.29 is 27.3 Å². The molecular formula is C13H16INO6S. The fraction of sp³-hybridized carbons (Fsp3) is 0.385. The van der Waals surface area contributed by atoms with Gasteiger partial charge in [0.05, 0.1) is 17.2 Å². The molecule has 0 fully saturated rings. The Morgan fingerprint density at radius 2 is 2.00 bits per heavy atom. The van der Waals surface area contributed by atoms with E-state index in [4.69, 9.17) is 9.29 Å². The third-order valence-electron chi connectivity index (χ3n) is 2.52. The van der Waals surface area contributed by atoms with E-state index in [-0.39, 0.29) is 23.8 Å². The van der Waals surface area contributed by atoms with Crippen LogP contribution in [0.1, 0.15) is 24.2 Å².